The number of hydrogen-bond acceptors (Lipinski definition) is 3. The van der Waals surface area contributed by atoms with Gasteiger partial charge in [0.1, 0.15) is 5.82 Å². The van der Waals surface area contributed by atoms with Crippen LogP contribution in [0.1, 0.15) is 25.6 Å². The van der Waals surface area contributed by atoms with Crippen LogP contribution < -0.4 is 0 Å². The molecule has 0 bridgehead atoms. The van der Waals surface area contributed by atoms with Gasteiger partial charge in [0.05, 0.1) is 6.10 Å². The van der Waals surface area contributed by atoms with Crippen molar-refractivity contribution >= 4 is 12.2 Å². The summed E-state index contributed by atoms with van der Waals surface area (Å²) >= 11 is 5.04. The van der Waals surface area contributed by atoms with Crippen molar-refractivity contribution in [1.29, 1.82) is 0 Å². The third-order valence-corrected chi connectivity index (χ3v) is 3.26. The van der Waals surface area contributed by atoms with Crippen LogP contribution in [0.25, 0.3) is 0 Å². The molecule has 0 unspecified atom stereocenters. The largest absolute Gasteiger partial charge is 0.378 e. The monoisotopic (exact) mass is 227 g/mol. The molecular formula is C10H17N3OS. The molecule has 15 heavy (non-hydrogen) atoms. The molecule has 0 spiro atoms. The lowest BCUT2D eigenvalue weighted by molar-refractivity contribution is -0.0245. The van der Waals surface area contributed by atoms with Crippen molar-refractivity contribution in [2.45, 2.75) is 32.3 Å². The molecule has 1 aromatic heterocycles. The van der Waals surface area contributed by atoms with Crippen molar-refractivity contribution in [2.75, 3.05) is 6.61 Å². The Bertz CT molecular complexity index is 378. The van der Waals surface area contributed by atoms with E-state index < -0.39 is 0 Å². The summed E-state index contributed by atoms with van der Waals surface area (Å²) in [6.45, 7) is 2.87. The second-order valence-electron chi connectivity index (χ2n) is 4.13. The first kappa shape index (κ1) is 10.8. The highest BCUT2D eigenvalue weighted by molar-refractivity contribution is 7.71. The minimum atomic E-state index is 0.478. The van der Waals surface area contributed by atoms with E-state index in [4.69, 9.17) is 17.0 Å². The van der Waals surface area contributed by atoms with Gasteiger partial charge in [-0.05, 0) is 37.9 Å². The van der Waals surface area contributed by atoms with E-state index in [9.17, 15) is 0 Å². The summed E-state index contributed by atoms with van der Waals surface area (Å²) in [7, 11) is 1.89. The Kier molecular flexibility index (Phi) is 3.21. The van der Waals surface area contributed by atoms with Crippen molar-refractivity contribution in [2.24, 2.45) is 13.0 Å². The number of aryl methyl sites for hydroxylation is 1. The first-order valence-electron chi connectivity index (χ1n) is 5.42. The maximum absolute atomic E-state index is 5.52. The van der Waals surface area contributed by atoms with Crippen LogP contribution in [0.5, 0.6) is 0 Å². The van der Waals surface area contributed by atoms with E-state index in [1.807, 2.05) is 14.0 Å². The molecule has 2 rings (SSSR count). The Hall–Kier alpha value is -0.680. The number of rotatable bonds is 4. The van der Waals surface area contributed by atoms with Gasteiger partial charge in [0.2, 0.25) is 4.77 Å². The molecule has 1 heterocycles. The van der Waals surface area contributed by atoms with Crippen LogP contribution in [-0.2, 0) is 18.2 Å². The number of aromatic amines is 1. The maximum Gasteiger partial charge on any atom is 0.215 e. The standard InChI is InChI=1S/C10H17N3OS/c1-3-14-8-4-7(5-8)6-9-11-10(15)13(2)12-9/h7-8H,3-6H2,1-2H3,(H,11,12,15). The zero-order valence-corrected chi connectivity index (χ0v) is 10.0. The van der Waals surface area contributed by atoms with Crippen molar-refractivity contribution in [3.63, 3.8) is 0 Å². The number of aromatic nitrogens is 3. The van der Waals surface area contributed by atoms with Crippen LogP contribution in [0.2, 0.25) is 0 Å². The molecular weight excluding hydrogens is 210 g/mol. The predicted octanol–water partition coefficient (Wildman–Crippen LogP) is 1.84. The van der Waals surface area contributed by atoms with Gasteiger partial charge in [-0.1, -0.05) is 0 Å². The second-order valence-corrected chi connectivity index (χ2v) is 4.50. The minimum absolute atomic E-state index is 0.478. The third kappa shape index (κ3) is 2.46. The first-order valence-corrected chi connectivity index (χ1v) is 5.83. The van der Waals surface area contributed by atoms with Gasteiger partial charge in [-0.25, -0.2) is 4.98 Å². The molecule has 0 aromatic carbocycles. The molecule has 5 heteroatoms. The lowest BCUT2D eigenvalue weighted by Crippen LogP contribution is -2.32. The zero-order valence-electron chi connectivity index (χ0n) is 9.19. The quantitative estimate of drug-likeness (QED) is 0.798. The Balaban J connectivity index is 1.82. The molecule has 0 atom stereocenters. The van der Waals surface area contributed by atoms with Gasteiger partial charge in [0, 0.05) is 20.1 Å². The molecule has 0 saturated heterocycles. The average Bonchev–Trinajstić information content (AvgIpc) is 2.43. The van der Waals surface area contributed by atoms with Crippen molar-refractivity contribution in [3.05, 3.63) is 10.6 Å². The van der Waals surface area contributed by atoms with Crippen LogP contribution in [-0.4, -0.2) is 27.5 Å². The highest BCUT2D eigenvalue weighted by Crippen LogP contribution is 2.32. The number of hydrogen-bond donors (Lipinski definition) is 1. The van der Waals surface area contributed by atoms with E-state index in [-0.39, 0.29) is 0 Å². The van der Waals surface area contributed by atoms with Crippen molar-refractivity contribution in [3.8, 4) is 0 Å². The van der Waals surface area contributed by atoms with Gasteiger partial charge in [-0.15, -0.1) is 0 Å². The number of nitrogens with one attached hydrogen (secondary N) is 1. The second kappa shape index (κ2) is 4.45. The summed E-state index contributed by atoms with van der Waals surface area (Å²) in [5.74, 6) is 1.71. The fourth-order valence-corrected chi connectivity index (χ4v) is 2.19. The van der Waals surface area contributed by atoms with Crippen molar-refractivity contribution in [1.82, 2.24) is 14.8 Å². The summed E-state index contributed by atoms with van der Waals surface area (Å²) < 4.78 is 7.93. The maximum atomic E-state index is 5.52. The third-order valence-electron chi connectivity index (χ3n) is 2.89. The molecule has 1 aliphatic rings. The van der Waals surface area contributed by atoms with E-state index >= 15 is 0 Å². The highest BCUT2D eigenvalue weighted by Gasteiger charge is 2.30. The Morgan fingerprint density at radius 1 is 1.60 bits per heavy atom. The van der Waals surface area contributed by atoms with E-state index in [2.05, 4.69) is 10.1 Å². The summed E-state index contributed by atoms with van der Waals surface area (Å²) in [5, 5.41) is 3.15. The zero-order chi connectivity index (χ0) is 10.8. The topological polar surface area (TPSA) is 42.8 Å². The minimum Gasteiger partial charge on any atom is -0.378 e. The molecule has 0 radical (unpaired) electrons. The van der Waals surface area contributed by atoms with E-state index in [0.29, 0.717) is 16.8 Å². The number of ether oxygens (including phenoxy) is 1. The van der Waals surface area contributed by atoms with Crippen LogP contribution >= 0.6 is 12.2 Å². The lowest BCUT2D eigenvalue weighted by atomic mass is 9.80. The molecule has 0 aliphatic heterocycles. The summed E-state index contributed by atoms with van der Waals surface area (Å²) in [5.41, 5.74) is 0. The van der Waals surface area contributed by atoms with Crippen LogP contribution in [0.3, 0.4) is 0 Å². The summed E-state index contributed by atoms with van der Waals surface area (Å²) in [6, 6.07) is 0. The van der Waals surface area contributed by atoms with Crippen molar-refractivity contribution < 1.29 is 4.74 Å². The highest BCUT2D eigenvalue weighted by atomic mass is 32.1. The van der Waals surface area contributed by atoms with E-state index in [1.165, 1.54) is 0 Å². The molecule has 1 aliphatic carbocycles. The Morgan fingerprint density at radius 3 is 2.87 bits per heavy atom. The van der Waals surface area contributed by atoms with Crippen LogP contribution in [0.15, 0.2) is 0 Å². The lowest BCUT2D eigenvalue weighted by Gasteiger charge is -2.34. The SMILES string of the molecule is CCOC1CC(Cc2nc(=S)n(C)[nH]2)C1. The molecule has 1 N–H and O–H groups in total. The van der Waals surface area contributed by atoms with Gasteiger partial charge in [-0.2, -0.15) is 0 Å². The normalized spacial score (nSPS) is 25.2. The molecule has 1 saturated carbocycles. The van der Waals surface area contributed by atoms with Gasteiger partial charge in [0.15, 0.2) is 0 Å². The smallest absolute Gasteiger partial charge is 0.215 e. The first-order chi connectivity index (χ1) is 7.19. The van der Waals surface area contributed by atoms with Crippen LogP contribution in [0, 0.1) is 10.7 Å². The van der Waals surface area contributed by atoms with E-state index in [0.717, 1.165) is 31.7 Å². The molecule has 0 amide bonds. The van der Waals surface area contributed by atoms with Gasteiger partial charge in [-0.3, -0.25) is 9.78 Å². The fourth-order valence-electron chi connectivity index (χ4n) is 2.03. The molecule has 1 aromatic rings. The molecule has 4 nitrogen and oxygen atoms in total. The summed E-state index contributed by atoms with van der Waals surface area (Å²) in [6.07, 6.45) is 3.79. The van der Waals surface area contributed by atoms with Gasteiger partial charge < -0.3 is 4.74 Å². The van der Waals surface area contributed by atoms with E-state index in [1.54, 1.807) is 4.68 Å². The van der Waals surface area contributed by atoms with Gasteiger partial charge in [0.25, 0.3) is 0 Å². The summed E-state index contributed by atoms with van der Waals surface area (Å²) in [4.78, 5) is 4.28. The molecule has 84 valence electrons. The Morgan fingerprint density at radius 2 is 2.33 bits per heavy atom. The number of nitrogens with zero attached hydrogens (tertiary/aromatic N) is 2. The predicted molar refractivity (Wildman–Crippen MR) is 60.2 cm³/mol. The number of H-pyrrole nitrogens is 1. The Labute approximate surface area is 94.6 Å². The average molecular weight is 227 g/mol. The fraction of sp³-hybridized carbons (Fsp3) is 0.800. The molecule has 1 fully saturated rings. The van der Waals surface area contributed by atoms with Gasteiger partial charge >= 0.3 is 0 Å². The van der Waals surface area contributed by atoms with Crippen LogP contribution in [0.4, 0.5) is 0 Å².